The molecule has 1 aliphatic rings. The van der Waals surface area contributed by atoms with Gasteiger partial charge in [-0.05, 0) is 43.6 Å². The zero-order chi connectivity index (χ0) is 25.5. The van der Waals surface area contributed by atoms with E-state index < -0.39 is 23.6 Å². The number of rotatable bonds is 13. The van der Waals surface area contributed by atoms with E-state index in [1.807, 2.05) is 62.0 Å². The molecule has 192 valence electrons. The number of unbranched alkanes of at least 4 members (excludes halogenated alkanes) is 1. The number of hydrogen-bond donors (Lipinski definition) is 4. The number of nitrogens with zero attached hydrogens (tertiary/aromatic N) is 2. The topological polar surface area (TPSA) is 116 Å². The quantitative estimate of drug-likeness (QED) is 0.300. The van der Waals surface area contributed by atoms with Gasteiger partial charge in [-0.25, -0.2) is 9.78 Å². The number of thioether (sulfide) groups is 1. The molecule has 1 aromatic heterocycles. The zero-order valence-electron chi connectivity index (χ0n) is 20.9. The number of aromatic nitrogens is 2. The summed E-state index contributed by atoms with van der Waals surface area (Å²) in [5, 5.41) is 27.6. The minimum Gasteiger partial charge on any atom is -0.465 e. The van der Waals surface area contributed by atoms with Crippen LogP contribution in [0.5, 0.6) is 0 Å². The molecule has 1 aliphatic carbocycles. The highest BCUT2D eigenvalue weighted by molar-refractivity contribution is 7.99. The third-order valence-corrected chi connectivity index (χ3v) is 8.56. The van der Waals surface area contributed by atoms with Gasteiger partial charge in [-0.15, -0.1) is 0 Å². The van der Waals surface area contributed by atoms with Gasteiger partial charge in [0.2, 0.25) is 0 Å². The Hall–Kier alpha value is -2.52. The number of aliphatic hydroxyl groups excluding tert-OH is 1. The van der Waals surface area contributed by atoms with Crippen molar-refractivity contribution < 1.29 is 19.8 Å². The van der Waals surface area contributed by atoms with E-state index in [1.54, 1.807) is 18.0 Å². The van der Waals surface area contributed by atoms with E-state index >= 15 is 0 Å². The summed E-state index contributed by atoms with van der Waals surface area (Å²) in [6.45, 7) is 3.88. The molecule has 1 fully saturated rings. The van der Waals surface area contributed by atoms with Gasteiger partial charge in [-0.2, -0.15) is 0 Å². The van der Waals surface area contributed by atoms with Gasteiger partial charge in [-0.1, -0.05) is 68.3 Å². The van der Waals surface area contributed by atoms with Gasteiger partial charge in [0.25, 0.3) is 5.91 Å². The number of imidazole rings is 1. The van der Waals surface area contributed by atoms with Crippen molar-refractivity contribution in [2.75, 3.05) is 5.75 Å². The molecule has 2 aromatic rings. The first-order chi connectivity index (χ1) is 16.7. The molecule has 3 atom stereocenters. The van der Waals surface area contributed by atoms with E-state index in [0.717, 1.165) is 42.2 Å². The maximum atomic E-state index is 13.3. The summed E-state index contributed by atoms with van der Waals surface area (Å²) in [6.07, 6.45) is 6.13. The lowest BCUT2D eigenvalue weighted by Crippen LogP contribution is -2.64. The van der Waals surface area contributed by atoms with Crippen LogP contribution >= 0.6 is 11.8 Å². The normalized spacial score (nSPS) is 18.1. The van der Waals surface area contributed by atoms with Crippen LogP contribution in [-0.2, 0) is 11.8 Å². The second-order valence-corrected chi connectivity index (χ2v) is 10.8. The number of carbonyl (C=O) groups excluding carboxylic acids is 1. The van der Waals surface area contributed by atoms with E-state index in [2.05, 4.69) is 15.6 Å². The van der Waals surface area contributed by atoms with Crippen LogP contribution in [0.15, 0.2) is 47.9 Å². The minimum absolute atomic E-state index is 0.181. The molecule has 1 heterocycles. The molecule has 0 saturated heterocycles. The summed E-state index contributed by atoms with van der Waals surface area (Å²) in [5.74, 6) is 0.194. The summed E-state index contributed by atoms with van der Waals surface area (Å²) < 4.78 is 1.96. The molecule has 1 aromatic carbocycles. The van der Waals surface area contributed by atoms with Gasteiger partial charge in [-0.3, -0.25) is 4.79 Å². The van der Waals surface area contributed by atoms with Crippen LogP contribution < -0.4 is 10.6 Å². The maximum absolute atomic E-state index is 13.3. The second kappa shape index (κ2) is 11.9. The molecule has 0 aliphatic heterocycles. The number of nitrogens with one attached hydrogen (secondary N) is 2. The Morgan fingerprint density at radius 3 is 2.54 bits per heavy atom. The van der Waals surface area contributed by atoms with Crippen LogP contribution in [0.25, 0.3) is 0 Å². The van der Waals surface area contributed by atoms with Crippen molar-refractivity contribution in [1.82, 2.24) is 20.2 Å². The van der Waals surface area contributed by atoms with Gasteiger partial charge in [0.1, 0.15) is 0 Å². The summed E-state index contributed by atoms with van der Waals surface area (Å²) in [6, 6.07) is 9.20. The van der Waals surface area contributed by atoms with E-state index in [1.165, 1.54) is 0 Å². The number of amides is 2. The maximum Gasteiger partial charge on any atom is 0.405 e. The summed E-state index contributed by atoms with van der Waals surface area (Å²) in [4.78, 5) is 29.6. The minimum atomic E-state index is -1.51. The number of benzene rings is 1. The monoisotopic (exact) mass is 502 g/mol. The lowest BCUT2D eigenvalue weighted by molar-refractivity contribution is -0.136. The molecule has 2 amide bonds. The number of aryl methyl sites for hydroxylation is 1. The van der Waals surface area contributed by atoms with Gasteiger partial charge in [0.05, 0.1) is 11.6 Å². The molecule has 3 rings (SSSR count). The highest BCUT2D eigenvalue weighted by Gasteiger charge is 2.51. The second-order valence-electron chi connectivity index (χ2n) is 9.87. The molecular weight excluding hydrogens is 464 g/mol. The first-order valence-electron chi connectivity index (χ1n) is 12.3. The molecule has 4 N–H and O–H groups in total. The Morgan fingerprint density at radius 2 is 2.00 bits per heavy atom. The fourth-order valence-corrected chi connectivity index (χ4v) is 6.22. The van der Waals surface area contributed by atoms with Crippen molar-refractivity contribution >= 4 is 23.8 Å². The fourth-order valence-electron chi connectivity index (χ4n) is 5.00. The van der Waals surface area contributed by atoms with Crippen LogP contribution in [0, 0.1) is 5.41 Å². The van der Waals surface area contributed by atoms with Crippen LogP contribution in [0.3, 0.4) is 0 Å². The number of hydrogen-bond acceptors (Lipinski definition) is 5. The number of carboxylic acid groups (broad SMARTS) is 1. The SMILES string of the molecule is CCCCC(CC1(CSc2nccn2C)CCC1)(NC(=O)O)C(O)C(=O)N[C@H](C)c1ccccc1. The Morgan fingerprint density at radius 1 is 1.29 bits per heavy atom. The van der Waals surface area contributed by atoms with Crippen LogP contribution in [-0.4, -0.2) is 49.2 Å². The molecule has 1 saturated carbocycles. The first-order valence-corrected chi connectivity index (χ1v) is 13.3. The van der Waals surface area contributed by atoms with Gasteiger partial charge < -0.3 is 25.4 Å². The third kappa shape index (κ3) is 6.79. The molecular formula is C26H38N4O4S. The van der Waals surface area contributed by atoms with Crippen molar-refractivity contribution in [3.8, 4) is 0 Å². The zero-order valence-corrected chi connectivity index (χ0v) is 21.7. The van der Waals surface area contributed by atoms with Crippen LogP contribution in [0.1, 0.15) is 70.4 Å². The lowest BCUT2D eigenvalue weighted by atomic mass is 9.61. The summed E-state index contributed by atoms with van der Waals surface area (Å²) in [7, 11) is 1.95. The van der Waals surface area contributed by atoms with Crippen molar-refractivity contribution in [1.29, 1.82) is 0 Å². The molecule has 9 heteroatoms. The Balaban J connectivity index is 1.83. The Kier molecular flexibility index (Phi) is 9.24. The Labute approximate surface area is 211 Å². The Bertz CT molecular complexity index is 979. The van der Waals surface area contributed by atoms with Crippen molar-refractivity contribution in [3.05, 3.63) is 48.3 Å². The van der Waals surface area contributed by atoms with Gasteiger partial charge >= 0.3 is 6.09 Å². The summed E-state index contributed by atoms with van der Waals surface area (Å²) in [5.41, 5.74) is -0.537. The molecule has 35 heavy (non-hydrogen) atoms. The molecule has 0 radical (unpaired) electrons. The van der Waals surface area contributed by atoms with Crippen molar-refractivity contribution in [2.45, 2.75) is 81.6 Å². The highest BCUT2D eigenvalue weighted by Crippen LogP contribution is 2.51. The van der Waals surface area contributed by atoms with Gasteiger partial charge in [0.15, 0.2) is 11.3 Å². The van der Waals surface area contributed by atoms with E-state index in [9.17, 15) is 19.8 Å². The van der Waals surface area contributed by atoms with Crippen LogP contribution in [0.4, 0.5) is 4.79 Å². The predicted octanol–water partition coefficient (Wildman–Crippen LogP) is 4.51. The standard InChI is InChI=1S/C26H38N4O4S/c1-4-5-14-26(29-24(33)34,21(31)22(32)28-19(2)20-10-7-6-8-11-20)17-25(12-9-13-25)18-35-23-27-15-16-30(23)3/h6-8,10-11,15-16,19,21,29,31H,4-5,9,12-14,17-18H2,1-3H3,(H,28,32)(H,33,34)/t19-,21?,26?/m1/s1. The third-order valence-electron chi connectivity index (χ3n) is 7.15. The lowest BCUT2D eigenvalue weighted by Gasteiger charge is -2.50. The number of carbonyl (C=O) groups is 2. The molecule has 8 nitrogen and oxygen atoms in total. The fraction of sp³-hybridized carbons (Fsp3) is 0.577. The molecule has 0 spiro atoms. The van der Waals surface area contributed by atoms with Crippen LogP contribution in [0.2, 0.25) is 0 Å². The average molecular weight is 503 g/mol. The predicted molar refractivity (Wildman–Crippen MR) is 137 cm³/mol. The summed E-state index contributed by atoms with van der Waals surface area (Å²) >= 11 is 1.64. The van der Waals surface area contributed by atoms with Crippen molar-refractivity contribution in [2.24, 2.45) is 12.5 Å². The molecule has 2 unspecified atom stereocenters. The van der Waals surface area contributed by atoms with Crippen molar-refractivity contribution in [3.63, 3.8) is 0 Å². The van der Waals surface area contributed by atoms with Gasteiger partial charge in [0, 0.05) is 25.2 Å². The van der Waals surface area contributed by atoms with E-state index in [0.29, 0.717) is 19.3 Å². The first kappa shape index (κ1) is 27.1. The largest absolute Gasteiger partial charge is 0.465 e. The van der Waals surface area contributed by atoms with E-state index in [4.69, 9.17) is 0 Å². The van der Waals surface area contributed by atoms with E-state index in [-0.39, 0.29) is 11.5 Å². The average Bonchev–Trinajstić information content (AvgIpc) is 3.23. The molecule has 0 bridgehead atoms. The highest BCUT2D eigenvalue weighted by atomic mass is 32.2. The smallest absolute Gasteiger partial charge is 0.405 e. The number of aliphatic hydroxyl groups is 1.